The predicted molar refractivity (Wildman–Crippen MR) is 65.3 cm³/mol. The first-order valence-electron chi connectivity index (χ1n) is 4.65. The molecular formula is C10H15BrN4. The van der Waals surface area contributed by atoms with Crippen LogP contribution in [0.2, 0.25) is 0 Å². The molecule has 0 bridgehead atoms. The summed E-state index contributed by atoms with van der Waals surface area (Å²) < 4.78 is 0.761. The van der Waals surface area contributed by atoms with Crippen LogP contribution in [0.1, 0.15) is 19.5 Å². The highest BCUT2D eigenvalue weighted by Crippen LogP contribution is 2.17. The Kier molecular flexibility index (Phi) is 4.11. The normalized spacial score (nSPS) is 11.9. The van der Waals surface area contributed by atoms with E-state index in [4.69, 9.17) is 11.6 Å². The molecule has 82 valence electrons. The van der Waals surface area contributed by atoms with Crippen LogP contribution in [0.3, 0.4) is 0 Å². The van der Waals surface area contributed by atoms with Gasteiger partial charge in [-0.15, -0.1) is 0 Å². The lowest BCUT2D eigenvalue weighted by atomic mass is 10.2. The number of rotatable bonds is 3. The van der Waals surface area contributed by atoms with Crippen molar-refractivity contribution in [3.63, 3.8) is 0 Å². The minimum atomic E-state index is 0.167. The third-order valence-electron chi connectivity index (χ3n) is 1.97. The van der Waals surface area contributed by atoms with Crippen LogP contribution in [0.25, 0.3) is 5.70 Å². The molecule has 0 aliphatic carbocycles. The van der Waals surface area contributed by atoms with E-state index in [2.05, 4.69) is 20.9 Å². The van der Waals surface area contributed by atoms with Crippen molar-refractivity contribution in [2.24, 2.45) is 11.6 Å². The molecule has 4 N–H and O–H groups in total. The summed E-state index contributed by atoms with van der Waals surface area (Å²) in [5.41, 5.74) is 7.02. The highest BCUT2D eigenvalue weighted by atomic mass is 79.9. The van der Waals surface area contributed by atoms with Crippen LogP contribution in [0.15, 0.2) is 29.0 Å². The summed E-state index contributed by atoms with van der Waals surface area (Å²) in [5, 5.41) is 1.59. The number of pyridine rings is 1. The molecule has 1 heterocycles. The van der Waals surface area contributed by atoms with Crippen LogP contribution in [-0.4, -0.2) is 16.0 Å². The molecule has 0 unspecified atom stereocenters. The van der Waals surface area contributed by atoms with Crippen LogP contribution >= 0.6 is 15.9 Å². The number of hydrogen-bond acceptors (Lipinski definition) is 4. The quantitative estimate of drug-likeness (QED) is 0.498. The summed E-state index contributed by atoms with van der Waals surface area (Å²) in [7, 11) is 0. The van der Waals surface area contributed by atoms with E-state index in [-0.39, 0.29) is 6.04 Å². The Hall–Kier alpha value is -1.07. The van der Waals surface area contributed by atoms with Crippen molar-refractivity contribution in [2.45, 2.75) is 19.9 Å². The van der Waals surface area contributed by atoms with Gasteiger partial charge in [0.1, 0.15) is 4.60 Å². The lowest BCUT2D eigenvalue weighted by Gasteiger charge is -2.25. The highest BCUT2D eigenvalue weighted by molar-refractivity contribution is 9.10. The first kappa shape index (κ1) is 12.0. The molecule has 4 nitrogen and oxygen atoms in total. The van der Waals surface area contributed by atoms with Crippen LogP contribution in [0.4, 0.5) is 0 Å². The summed E-state index contributed by atoms with van der Waals surface area (Å²) in [6.45, 7) is 3.98. The molecule has 0 radical (unpaired) electrons. The fourth-order valence-electron chi connectivity index (χ4n) is 1.13. The number of hydrogen-bond donors (Lipinski definition) is 2. The molecule has 0 amide bonds. The average molecular weight is 271 g/mol. The van der Waals surface area contributed by atoms with Gasteiger partial charge >= 0.3 is 0 Å². The predicted octanol–water partition coefficient (Wildman–Crippen LogP) is 1.69. The molecule has 0 aliphatic rings. The molecule has 0 aromatic carbocycles. The molecule has 1 aromatic heterocycles. The van der Waals surface area contributed by atoms with Gasteiger partial charge in [0.15, 0.2) is 0 Å². The Morgan fingerprint density at radius 3 is 2.67 bits per heavy atom. The Morgan fingerprint density at radius 1 is 1.53 bits per heavy atom. The number of nitrogens with two attached hydrogens (primary N) is 2. The molecular weight excluding hydrogens is 256 g/mol. The molecule has 0 spiro atoms. The molecule has 0 saturated carbocycles. The van der Waals surface area contributed by atoms with Crippen molar-refractivity contribution in [3.8, 4) is 0 Å². The fourth-order valence-corrected chi connectivity index (χ4v) is 1.48. The van der Waals surface area contributed by atoms with Gasteiger partial charge in [0.05, 0.1) is 11.4 Å². The first-order valence-corrected chi connectivity index (χ1v) is 5.44. The zero-order valence-corrected chi connectivity index (χ0v) is 10.4. The lowest BCUT2D eigenvalue weighted by Crippen LogP contribution is -2.36. The third-order valence-corrected chi connectivity index (χ3v) is 2.41. The van der Waals surface area contributed by atoms with Crippen LogP contribution < -0.4 is 11.6 Å². The number of aromatic nitrogens is 1. The highest BCUT2D eigenvalue weighted by Gasteiger charge is 2.12. The van der Waals surface area contributed by atoms with Crippen LogP contribution in [0.5, 0.6) is 0 Å². The van der Waals surface area contributed by atoms with E-state index in [0.717, 1.165) is 10.3 Å². The summed E-state index contributed by atoms with van der Waals surface area (Å²) >= 11 is 3.31. The molecule has 1 aromatic rings. The molecule has 0 saturated heterocycles. The number of nitrogens with zero attached hydrogens (tertiary/aromatic N) is 2. The van der Waals surface area contributed by atoms with Crippen molar-refractivity contribution in [1.82, 2.24) is 9.99 Å². The lowest BCUT2D eigenvalue weighted by molar-refractivity contribution is 0.341. The minimum Gasteiger partial charge on any atom is -0.403 e. The maximum absolute atomic E-state index is 5.88. The average Bonchev–Trinajstić information content (AvgIpc) is 2.18. The summed E-state index contributed by atoms with van der Waals surface area (Å²) in [5.74, 6) is 5.88. The smallest absolute Gasteiger partial charge is 0.106 e. The molecule has 0 fully saturated rings. The fraction of sp³-hybridized carbons (Fsp3) is 0.300. The zero-order chi connectivity index (χ0) is 11.4. The van der Waals surface area contributed by atoms with Crippen molar-refractivity contribution in [1.29, 1.82) is 0 Å². The Balaban J connectivity index is 3.04. The van der Waals surface area contributed by atoms with Gasteiger partial charge < -0.3 is 10.7 Å². The standard InChI is InChI=1S/C10H15BrN4/c1-7(2)15(13)9(6-12)8-4-3-5-10(11)14-8/h3-7H,12-13H2,1-2H3/b9-6-. The van der Waals surface area contributed by atoms with E-state index >= 15 is 0 Å². The number of hydrazine groups is 1. The van der Waals surface area contributed by atoms with E-state index in [1.165, 1.54) is 6.20 Å². The zero-order valence-electron chi connectivity index (χ0n) is 8.81. The van der Waals surface area contributed by atoms with E-state index < -0.39 is 0 Å². The third kappa shape index (κ3) is 2.94. The van der Waals surface area contributed by atoms with Gasteiger partial charge in [-0.3, -0.25) is 0 Å². The second-order valence-electron chi connectivity index (χ2n) is 3.40. The van der Waals surface area contributed by atoms with Crippen LogP contribution in [0, 0.1) is 0 Å². The molecule has 15 heavy (non-hydrogen) atoms. The van der Waals surface area contributed by atoms with Gasteiger partial charge in [-0.1, -0.05) is 6.07 Å². The summed E-state index contributed by atoms with van der Waals surface area (Å²) in [4.78, 5) is 4.29. The molecule has 5 heteroatoms. The second kappa shape index (κ2) is 5.14. The van der Waals surface area contributed by atoms with Gasteiger partial charge in [-0.05, 0) is 41.9 Å². The Morgan fingerprint density at radius 2 is 2.20 bits per heavy atom. The van der Waals surface area contributed by atoms with Gasteiger partial charge in [0, 0.05) is 12.2 Å². The van der Waals surface area contributed by atoms with E-state index in [1.807, 2.05) is 32.0 Å². The van der Waals surface area contributed by atoms with Crippen molar-refractivity contribution in [3.05, 3.63) is 34.7 Å². The summed E-state index contributed by atoms with van der Waals surface area (Å²) in [6.07, 6.45) is 1.47. The van der Waals surface area contributed by atoms with E-state index in [0.29, 0.717) is 5.70 Å². The number of halogens is 1. The first-order chi connectivity index (χ1) is 7.06. The maximum Gasteiger partial charge on any atom is 0.106 e. The molecule has 0 aliphatic heterocycles. The second-order valence-corrected chi connectivity index (χ2v) is 4.21. The Bertz CT molecular complexity index is 362. The largest absolute Gasteiger partial charge is 0.403 e. The van der Waals surface area contributed by atoms with Crippen molar-refractivity contribution >= 4 is 21.6 Å². The minimum absolute atomic E-state index is 0.167. The molecule has 1 rings (SSSR count). The molecule has 0 atom stereocenters. The SMILES string of the molecule is CC(C)N(N)/C(=C\N)c1cccc(Br)n1. The monoisotopic (exact) mass is 270 g/mol. The van der Waals surface area contributed by atoms with E-state index in [9.17, 15) is 0 Å². The van der Waals surface area contributed by atoms with Gasteiger partial charge in [-0.25, -0.2) is 10.8 Å². The van der Waals surface area contributed by atoms with Gasteiger partial charge in [0.25, 0.3) is 0 Å². The van der Waals surface area contributed by atoms with Crippen molar-refractivity contribution < 1.29 is 0 Å². The van der Waals surface area contributed by atoms with Crippen LogP contribution in [-0.2, 0) is 0 Å². The topological polar surface area (TPSA) is 68.2 Å². The maximum atomic E-state index is 5.88. The van der Waals surface area contributed by atoms with Gasteiger partial charge in [0.2, 0.25) is 0 Å². The summed E-state index contributed by atoms with van der Waals surface area (Å²) in [6, 6.07) is 5.78. The van der Waals surface area contributed by atoms with E-state index in [1.54, 1.807) is 5.01 Å². The Labute approximate surface area is 98.1 Å². The van der Waals surface area contributed by atoms with Crippen molar-refractivity contribution in [2.75, 3.05) is 0 Å². The van der Waals surface area contributed by atoms with Gasteiger partial charge in [-0.2, -0.15) is 0 Å².